The number of nitro benzene ring substituents is 1. The van der Waals surface area contributed by atoms with E-state index in [-0.39, 0.29) is 10.7 Å². The lowest BCUT2D eigenvalue weighted by atomic mass is 10.2. The van der Waals surface area contributed by atoms with Gasteiger partial charge in [0, 0.05) is 16.8 Å². The van der Waals surface area contributed by atoms with Gasteiger partial charge < -0.3 is 4.74 Å². The molecule has 0 fully saturated rings. The zero-order chi connectivity index (χ0) is 20.1. The Morgan fingerprint density at radius 2 is 1.68 bits per heavy atom. The van der Waals surface area contributed by atoms with Gasteiger partial charge in [-0.25, -0.2) is 8.42 Å². The van der Waals surface area contributed by atoms with Crippen molar-refractivity contribution in [2.24, 2.45) is 0 Å². The number of anilines is 1. The van der Waals surface area contributed by atoms with Crippen molar-refractivity contribution >= 4 is 33.0 Å². The van der Waals surface area contributed by atoms with Crippen LogP contribution in [0.4, 0.5) is 11.4 Å². The summed E-state index contributed by atoms with van der Waals surface area (Å²) in [4.78, 5) is 9.89. The summed E-state index contributed by atoms with van der Waals surface area (Å²) >= 11 is 5.73. The van der Waals surface area contributed by atoms with Gasteiger partial charge in [0.2, 0.25) is 0 Å². The second kappa shape index (κ2) is 8.28. The number of nitrogens with zero attached hydrogens (tertiary/aromatic N) is 1. The van der Waals surface area contributed by atoms with Crippen LogP contribution >= 0.6 is 11.6 Å². The van der Waals surface area contributed by atoms with E-state index in [0.717, 1.165) is 17.7 Å². The van der Waals surface area contributed by atoms with E-state index < -0.39 is 25.5 Å². The summed E-state index contributed by atoms with van der Waals surface area (Å²) in [5.41, 5.74) is 0.654. The monoisotopic (exact) mass is 418 g/mol. The molecule has 0 atom stereocenters. The van der Waals surface area contributed by atoms with Gasteiger partial charge in [0.25, 0.3) is 15.7 Å². The van der Waals surface area contributed by atoms with Crippen molar-refractivity contribution in [3.05, 3.63) is 93.5 Å². The quantitative estimate of drug-likeness (QED) is 0.445. The smallest absolute Gasteiger partial charge is 0.291 e. The number of rotatable bonds is 7. The number of sulfonamides is 1. The fourth-order valence-electron chi connectivity index (χ4n) is 2.43. The molecule has 0 amide bonds. The third kappa shape index (κ3) is 4.79. The molecule has 0 aliphatic rings. The molecule has 0 aliphatic heterocycles. The number of hydrogen-bond acceptors (Lipinski definition) is 5. The van der Waals surface area contributed by atoms with Crippen LogP contribution in [0.25, 0.3) is 0 Å². The number of ether oxygens (including phenoxy) is 1. The molecule has 0 bridgehead atoms. The Morgan fingerprint density at radius 1 is 1.00 bits per heavy atom. The van der Waals surface area contributed by atoms with E-state index in [0.29, 0.717) is 12.4 Å². The fourth-order valence-corrected chi connectivity index (χ4v) is 3.81. The van der Waals surface area contributed by atoms with E-state index in [1.165, 1.54) is 18.2 Å². The van der Waals surface area contributed by atoms with Crippen LogP contribution in [0.3, 0.4) is 0 Å². The van der Waals surface area contributed by atoms with Gasteiger partial charge in [-0.1, -0.05) is 41.9 Å². The minimum atomic E-state index is -4.17. The van der Waals surface area contributed by atoms with Crippen LogP contribution in [0.2, 0.25) is 5.02 Å². The molecule has 0 unspecified atom stereocenters. The van der Waals surface area contributed by atoms with Gasteiger partial charge in [-0.15, -0.1) is 0 Å². The first-order valence-corrected chi connectivity index (χ1v) is 9.95. The SMILES string of the molecule is O=[N+]([O-])c1cc(Cl)ccc1S(=O)(=O)Nc1ccc(OCc2ccccc2)cc1. The largest absolute Gasteiger partial charge is 0.489 e. The summed E-state index contributed by atoms with van der Waals surface area (Å²) < 4.78 is 33.1. The number of benzene rings is 3. The number of halogens is 1. The summed E-state index contributed by atoms with van der Waals surface area (Å²) in [7, 11) is -4.17. The van der Waals surface area contributed by atoms with Gasteiger partial charge in [0.15, 0.2) is 4.90 Å². The summed E-state index contributed by atoms with van der Waals surface area (Å²) in [6.07, 6.45) is 0. The van der Waals surface area contributed by atoms with Crippen LogP contribution in [0.5, 0.6) is 5.75 Å². The maximum Gasteiger partial charge on any atom is 0.291 e. The molecule has 0 heterocycles. The Labute approximate surface area is 166 Å². The molecule has 0 saturated carbocycles. The van der Waals surface area contributed by atoms with Gasteiger partial charge in [0.05, 0.1) is 4.92 Å². The molecular weight excluding hydrogens is 404 g/mol. The molecule has 0 aliphatic carbocycles. The second-order valence-electron chi connectivity index (χ2n) is 5.77. The Kier molecular flexibility index (Phi) is 5.81. The van der Waals surface area contributed by atoms with E-state index >= 15 is 0 Å². The number of nitro groups is 1. The summed E-state index contributed by atoms with van der Waals surface area (Å²) in [5, 5.41) is 11.2. The third-order valence-electron chi connectivity index (χ3n) is 3.76. The highest BCUT2D eigenvalue weighted by Crippen LogP contribution is 2.29. The standard InChI is InChI=1S/C19H15ClN2O5S/c20-15-6-11-19(18(12-15)22(23)24)28(25,26)21-16-7-9-17(10-8-16)27-13-14-4-2-1-3-5-14/h1-12,21H,13H2. The van der Waals surface area contributed by atoms with E-state index in [9.17, 15) is 18.5 Å². The van der Waals surface area contributed by atoms with Gasteiger partial charge in [-0.3, -0.25) is 14.8 Å². The Balaban J connectivity index is 1.74. The predicted octanol–water partition coefficient (Wildman–Crippen LogP) is 4.63. The number of hydrogen-bond donors (Lipinski definition) is 1. The van der Waals surface area contributed by atoms with Gasteiger partial charge in [0.1, 0.15) is 12.4 Å². The predicted molar refractivity (Wildman–Crippen MR) is 106 cm³/mol. The van der Waals surface area contributed by atoms with Gasteiger partial charge in [-0.2, -0.15) is 0 Å². The molecule has 1 N–H and O–H groups in total. The first kappa shape index (κ1) is 19.7. The van der Waals surface area contributed by atoms with Crippen LogP contribution in [-0.2, 0) is 16.6 Å². The third-order valence-corrected chi connectivity index (χ3v) is 5.43. The van der Waals surface area contributed by atoms with Crippen LogP contribution in [0, 0.1) is 10.1 Å². The summed E-state index contributed by atoms with van der Waals surface area (Å²) in [5.74, 6) is 0.560. The van der Waals surface area contributed by atoms with Crippen LogP contribution in [0.15, 0.2) is 77.7 Å². The summed E-state index contributed by atoms with van der Waals surface area (Å²) in [6, 6.07) is 19.2. The lowest BCUT2D eigenvalue weighted by Crippen LogP contribution is -2.14. The highest BCUT2D eigenvalue weighted by atomic mass is 35.5. The van der Waals surface area contributed by atoms with Crippen molar-refractivity contribution in [1.29, 1.82) is 0 Å². The van der Waals surface area contributed by atoms with Gasteiger partial charge >= 0.3 is 0 Å². The zero-order valence-electron chi connectivity index (χ0n) is 14.4. The minimum absolute atomic E-state index is 0.0746. The lowest BCUT2D eigenvalue weighted by molar-refractivity contribution is -0.387. The topological polar surface area (TPSA) is 98.5 Å². The van der Waals surface area contributed by atoms with Crippen molar-refractivity contribution in [2.75, 3.05) is 4.72 Å². The molecule has 3 aromatic carbocycles. The second-order valence-corrected chi connectivity index (χ2v) is 7.86. The van der Waals surface area contributed by atoms with Gasteiger partial charge in [-0.05, 0) is 42.0 Å². The molecular formula is C19H15ClN2O5S. The normalized spacial score (nSPS) is 11.0. The molecule has 7 nitrogen and oxygen atoms in total. The highest BCUT2D eigenvalue weighted by Gasteiger charge is 2.26. The average Bonchev–Trinajstić information content (AvgIpc) is 2.67. The lowest BCUT2D eigenvalue weighted by Gasteiger charge is -2.10. The Hall–Kier alpha value is -3.10. The van der Waals surface area contributed by atoms with Crippen molar-refractivity contribution < 1.29 is 18.1 Å². The molecule has 3 rings (SSSR count). The van der Waals surface area contributed by atoms with Crippen LogP contribution < -0.4 is 9.46 Å². The van der Waals surface area contributed by atoms with E-state index in [2.05, 4.69) is 4.72 Å². The minimum Gasteiger partial charge on any atom is -0.489 e. The van der Waals surface area contributed by atoms with E-state index in [4.69, 9.17) is 16.3 Å². The Morgan fingerprint density at radius 3 is 2.32 bits per heavy atom. The van der Waals surface area contributed by atoms with E-state index in [1.807, 2.05) is 30.3 Å². The molecule has 0 spiro atoms. The Bertz CT molecular complexity index is 1090. The molecule has 0 aromatic heterocycles. The molecule has 3 aromatic rings. The van der Waals surface area contributed by atoms with E-state index in [1.54, 1.807) is 12.1 Å². The van der Waals surface area contributed by atoms with Crippen molar-refractivity contribution in [3.8, 4) is 5.75 Å². The molecule has 28 heavy (non-hydrogen) atoms. The molecule has 9 heteroatoms. The summed E-state index contributed by atoms with van der Waals surface area (Å²) in [6.45, 7) is 0.378. The van der Waals surface area contributed by atoms with Crippen LogP contribution in [-0.4, -0.2) is 13.3 Å². The molecule has 144 valence electrons. The van der Waals surface area contributed by atoms with Crippen molar-refractivity contribution in [2.45, 2.75) is 11.5 Å². The maximum absolute atomic E-state index is 12.5. The zero-order valence-corrected chi connectivity index (χ0v) is 16.0. The molecule has 0 saturated heterocycles. The maximum atomic E-state index is 12.5. The average molecular weight is 419 g/mol. The van der Waals surface area contributed by atoms with Crippen molar-refractivity contribution in [1.82, 2.24) is 0 Å². The number of nitrogens with one attached hydrogen (secondary N) is 1. The first-order valence-electron chi connectivity index (χ1n) is 8.09. The van der Waals surface area contributed by atoms with Crippen molar-refractivity contribution in [3.63, 3.8) is 0 Å². The first-order chi connectivity index (χ1) is 13.3. The fraction of sp³-hybridized carbons (Fsp3) is 0.0526. The van der Waals surface area contributed by atoms with Crippen LogP contribution in [0.1, 0.15) is 5.56 Å². The highest BCUT2D eigenvalue weighted by molar-refractivity contribution is 7.92. The molecule has 0 radical (unpaired) electrons.